The smallest absolute Gasteiger partial charge is 0.356 e. The summed E-state index contributed by atoms with van der Waals surface area (Å²) < 4.78 is 6.87. The zero-order chi connectivity index (χ0) is 29.1. The van der Waals surface area contributed by atoms with Gasteiger partial charge in [-0.3, -0.25) is 14.5 Å². The van der Waals surface area contributed by atoms with E-state index in [0.29, 0.717) is 15.0 Å². The van der Waals surface area contributed by atoms with Gasteiger partial charge in [0, 0.05) is 10.7 Å². The average molecular weight is 615 g/mol. The number of hydrogen-bond acceptors (Lipinski definition) is 9. The second-order valence-electron chi connectivity index (χ2n) is 9.68. The van der Waals surface area contributed by atoms with Crippen molar-refractivity contribution in [3.05, 3.63) is 123 Å². The summed E-state index contributed by atoms with van der Waals surface area (Å²) in [6, 6.07) is 27.7. The van der Waals surface area contributed by atoms with Crippen LogP contribution in [0, 0.1) is 6.92 Å². The molecule has 0 radical (unpaired) electrons. The highest BCUT2D eigenvalue weighted by molar-refractivity contribution is 8.07. The molecule has 1 aromatic heterocycles. The predicted octanol–water partition coefficient (Wildman–Crippen LogP) is 5.13. The molecular weight excluding hydrogens is 589 g/mol. The van der Waals surface area contributed by atoms with Crippen LogP contribution in [0.1, 0.15) is 27.8 Å². The van der Waals surface area contributed by atoms with Crippen molar-refractivity contribution >= 4 is 52.6 Å². The number of carbonyl (C=O) groups is 3. The number of aromatic nitrogens is 2. The molecule has 4 aromatic rings. The van der Waals surface area contributed by atoms with E-state index in [9.17, 15) is 14.4 Å². The Balaban J connectivity index is 1.28. The van der Waals surface area contributed by atoms with Crippen molar-refractivity contribution < 1.29 is 19.1 Å². The molecular formula is C31H26N4O4S3. The number of amides is 2. The number of fused-ring (bicyclic) bond motifs is 1. The fourth-order valence-electron chi connectivity index (χ4n) is 4.84. The van der Waals surface area contributed by atoms with Gasteiger partial charge in [-0.2, -0.15) is 0 Å². The molecule has 11 heteroatoms. The van der Waals surface area contributed by atoms with Crippen LogP contribution in [0.5, 0.6) is 0 Å². The van der Waals surface area contributed by atoms with E-state index in [1.165, 1.54) is 39.8 Å². The van der Waals surface area contributed by atoms with Crippen molar-refractivity contribution in [2.45, 2.75) is 35.2 Å². The lowest BCUT2D eigenvalue weighted by molar-refractivity contribution is -0.154. The Labute approximate surface area is 255 Å². The molecule has 212 valence electrons. The lowest BCUT2D eigenvalue weighted by atomic mass is 10.0. The third kappa shape index (κ3) is 5.99. The molecule has 6 rings (SSSR count). The van der Waals surface area contributed by atoms with Crippen molar-refractivity contribution in [3.8, 4) is 0 Å². The Morgan fingerprint density at radius 2 is 1.60 bits per heavy atom. The first-order valence-corrected chi connectivity index (χ1v) is 16.0. The van der Waals surface area contributed by atoms with E-state index in [2.05, 4.69) is 15.5 Å². The largest absolute Gasteiger partial charge is 0.448 e. The van der Waals surface area contributed by atoms with Crippen molar-refractivity contribution in [1.82, 2.24) is 20.4 Å². The molecule has 1 N–H and O–H groups in total. The molecule has 1 saturated heterocycles. The van der Waals surface area contributed by atoms with Gasteiger partial charge in [0.15, 0.2) is 10.4 Å². The zero-order valence-corrected chi connectivity index (χ0v) is 25.0. The summed E-state index contributed by atoms with van der Waals surface area (Å²) in [4.78, 5) is 42.5. The van der Waals surface area contributed by atoms with E-state index in [4.69, 9.17) is 4.74 Å². The topological polar surface area (TPSA) is 101 Å². The second kappa shape index (κ2) is 12.5. The molecule has 3 aromatic carbocycles. The lowest BCUT2D eigenvalue weighted by Crippen LogP contribution is -2.70. The van der Waals surface area contributed by atoms with Crippen LogP contribution in [0.3, 0.4) is 0 Å². The van der Waals surface area contributed by atoms with Crippen molar-refractivity contribution in [1.29, 1.82) is 0 Å². The standard InChI is InChI=1S/C31H26N4O4S3/c1-19-33-34-31(41-19)42-23-18-40-29-25(32-24(36)17-20-11-5-2-6-12-20)28(37)35(29)26(23)30(38)39-27(21-13-7-3-8-14-21)22-15-9-4-10-16-22/h2-16,25,27,29H,17-18H2,1H3,(H,32,36)/t25-,29+/m1/s1. The first kappa shape index (κ1) is 28.2. The maximum atomic E-state index is 14.0. The van der Waals surface area contributed by atoms with Gasteiger partial charge in [0.25, 0.3) is 5.91 Å². The third-order valence-electron chi connectivity index (χ3n) is 6.80. The lowest BCUT2D eigenvalue weighted by Gasteiger charge is -2.49. The number of carbonyl (C=O) groups excluding carboxylic acids is 3. The normalized spacial score (nSPS) is 18.0. The molecule has 2 atom stereocenters. The second-order valence-corrected chi connectivity index (χ2v) is 13.3. The van der Waals surface area contributed by atoms with E-state index >= 15 is 0 Å². The van der Waals surface area contributed by atoms with Crippen molar-refractivity contribution in [3.63, 3.8) is 0 Å². The van der Waals surface area contributed by atoms with Gasteiger partial charge >= 0.3 is 5.97 Å². The average Bonchev–Trinajstić information content (AvgIpc) is 3.43. The zero-order valence-electron chi connectivity index (χ0n) is 22.5. The van der Waals surface area contributed by atoms with Crippen LogP contribution >= 0.6 is 34.9 Å². The quantitative estimate of drug-likeness (QED) is 0.205. The molecule has 42 heavy (non-hydrogen) atoms. The Hall–Kier alpha value is -3.93. The van der Waals surface area contributed by atoms with Gasteiger partial charge in [0.2, 0.25) is 5.91 Å². The number of rotatable bonds is 9. The summed E-state index contributed by atoms with van der Waals surface area (Å²) in [5, 5.41) is 11.6. The highest BCUT2D eigenvalue weighted by Crippen LogP contribution is 2.46. The Morgan fingerprint density at radius 3 is 2.19 bits per heavy atom. The van der Waals surface area contributed by atoms with Gasteiger partial charge in [-0.25, -0.2) is 4.79 Å². The van der Waals surface area contributed by atoms with E-state index < -0.39 is 23.5 Å². The number of β-lactam (4-membered cyclic amide) rings is 1. The molecule has 3 heterocycles. The summed E-state index contributed by atoms with van der Waals surface area (Å²) in [6.07, 6.45) is -0.506. The van der Waals surface area contributed by atoms with E-state index in [0.717, 1.165) is 21.7 Å². The fraction of sp³-hybridized carbons (Fsp3) is 0.194. The number of nitrogens with one attached hydrogen (secondary N) is 1. The number of benzene rings is 3. The van der Waals surface area contributed by atoms with Gasteiger partial charge < -0.3 is 10.1 Å². The first-order valence-electron chi connectivity index (χ1n) is 13.3. The van der Waals surface area contributed by atoms with Gasteiger partial charge in [-0.15, -0.1) is 22.0 Å². The van der Waals surface area contributed by atoms with E-state index in [1.54, 1.807) is 0 Å². The van der Waals surface area contributed by atoms with Crippen molar-refractivity contribution in [2.75, 3.05) is 5.75 Å². The van der Waals surface area contributed by atoms with Gasteiger partial charge in [-0.1, -0.05) is 114 Å². The van der Waals surface area contributed by atoms with Crippen LogP contribution in [0.25, 0.3) is 0 Å². The molecule has 2 amide bonds. The molecule has 0 unspecified atom stereocenters. The number of nitrogens with zero attached hydrogens (tertiary/aromatic N) is 3. The van der Waals surface area contributed by atoms with Gasteiger partial charge in [0.05, 0.1) is 6.42 Å². The minimum absolute atomic E-state index is 0.167. The summed E-state index contributed by atoms with van der Waals surface area (Å²) in [5.41, 5.74) is 2.67. The Kier molecular flexibility index (Phi) is 8.41. The number of esters is 1. The van der Waals surface area contributed by atoms with Gasteiger partial charge in [0.1, 0.15) is 22.1 Å². The van der Waals surface area contributed by atoms with Crippen molar-refractivity contribution in [2.24, 2.45) is 0 Å². The molecule has 2 aliphatic rings. The highest BCUT2D eigenvalue weighted by atomic mass is 32.2. The molecule has 0 aliphatic carbocycles. The molecule has 0 spiro atoms. The summed E-state index contributed by atoms with van der Waals surface area (Å²) in [6.45, 7) is 1.86. The molecule has 0 saturated carbocycles. The summed E-state index contributed by atoms with van der Waals surface area (Å²) in [5.74, 6) is -0.743. The van der Waals surface area contributed by atoms with Crippen LogP contribution in [0.15, 0.2) is 106 Å². The SMILES string of the molecule is Cc1nnc(SC2=C(C(=O)OC(c3ccccc3)c3ccccc3)N3C(=O)[C@@H](NC(=O)Cc4ccccc4)[C@@H]3SC2)s1. The van der Waals surface area contributed by atoms with E-state index in [-0.39, 0.29) is 23.9 Å². The number of aryl methyl sites for hydroxylation is 1. The minimum Gasteiger partial charge on any atom is -0.448 e. The number of thioether (sulfide) groups is 2. The summed E-state index contributed by atoms with van der Waals surface area (Å²) >= 11 is 4.24. The van der Waals surface area contributed by atoms with E-state index in [1.807, 2.05) is 97.9 Å². The molecule has 2 aliphatic heterocycles. The Morgan fingerprint density at radius 1 is 0.976 bits per heavy atom. The minimum atomic E-state index is -0.733. The first-order chi connectivity index (χ1) is 20.5. The monoisotopic (exact) mass is 614 g/mol. The maximum absolute atomic E-state index is 14.0. The van der Waals surface area contributed by atoms with Crippen LogP contribution in [0.4, 0.5) is 0 Å². The summed E-state index contributed by atoms with van der Waals surface area (Å²) in [7, 11) is 0. The molecule has 0 bridgehead atoms. The number of ether oxygens (including phenoxy) is 1. The Bertz CT molecular complexity index is 1590. The van der Waals surface area contributed by atoms with Crippen LogP contribution < -0.4 is 5.32 Å². The predicted molar refractivity (Wildman–Crippen MR) is 164 cm³/mol. The molecule has 8 nitrogen and oxygen atoms in total. The van der Waals surface area contributed by atoms with Gasteiger partial charge in [-0.05, 0) is 23.6 Å². The fourth-order valence-corrected chi connectivity index (χ4v) is 8.29. The highest BCUT2D eigenvalue weighted by Gasteiger charge is 2.55. The number of hydrogen-bond donors (Lipinski definition) is 1. The van der Waals surface area contributed by atoms with Crippen LogP contribution in [0.2, 0.25) is 0 Å². The third-order valence-corrected chi connectivity index (χ3v) is 10.2. The molecule has 1 fully saturated rings. The maximum Gasteiger partial charge on any atom is 0.356 e. The van der Waals surface area contributed by atoms with Crippen LogP contribution in [-0.4, -0.2) is 50.0 Å². The van der Waals surface area contributed by atoms with Crippen LogP contribution in [-0.2, 0) is 25.5 Å².